The van der Waals surface area contributed by atoms with Crippen LogP contribution in [0.1, 0.15) is 10.4 Å². The number of fused-ring (bicyclic) bond motifs is 3. The molecule has 1 saturated heterocycles. The van der Waals surface area contributed by atoms with Crippen molar-refractivity contribution in [3.05, 3.63) is 66.5 Å². The van der Waals surface area contributed by atoms with E-state index in [0.29, 0.717) is 33.4 Å². The normalized spacial score (nSPS) is 23.1. The largest absolute Gasteiger partial charge is 0.394 e. The molecule has 0 spiro atoms. The van der Waals surface area contributed by atoms with E-state index in [1.807, 2.05) is 12.3 Å². The van der Waals surface area contributed by atoms with Crippen LogP contribution in [-0.4, -0.2) is 88.3 Å². The zero-order chi connectivity index (χ0) is 28.1. The first kappa shape index (κ1) is 26.0. The Hall–Kier alpha value is -4.27. The predicted molar refractivity (Wildman–Crippen MR) is 140 cm³/mol. The van der Waals surface area contributed by atoms with E-state index in [1.54, 1.807) is 36.3 Å². The summed E-state index contributed by atoms with van der Waals surface area (Å²) >= 11 is 0. The third-order valence-corrected chi connectivity index (χ3v) is 7.06. The van der Waals surface area contributed by atoms with Crippen LogP contribution in [0.2, 0.25) is 0 Å². The van der Waals surface area contributed by atoms with E-state index in [1.165, 1.54) is 12.1 Å². The fourth-order valence-electron chi connectivity index (χ4n) is 4.95. The van der Waals surface area contributed by atoms with Crippen molar-refractivity contribution < 1.29 is 34.3 Å². The van der Waals surface area contributed by atoms with Gasteiger partial charge in [0.2, 0.25) is 0 Å². The number of aliphatic hydroxyl groups is 4. The van der Waals surface area contributed by atoms with Crippen LogP contribution >= 0.6 is 0 Å². The van der Waals surface area contributed by atoms with Crippen LogP contribution in [0.3, 0.4) is 0 Å². The van der Waals surface area contributed by atoms with Gasteiger partial charge in [0, 0.05) is 40.7 Å². The van der Waals surface area contributed by atoms with Gasteiger partial charge in [-0.05, 0) is 23.8 Å². The maximum Gasteiger partial charge on any atom is 0.253 e. The number of aryl methyl sites for hydroxylation is 1. The van der Waals surface area contributed by atoms with Crippen LogP contribution in [0.4, 0.5) is 4.39 Å². The van der Waals surface area contributed by atoms with Crippen molar-refractivity contribution in [3.8, 4) is 22.4 Å². The standard InChI is InChI=1S/C27H25FN6O6/c1-34-10-14(7-31-34)17-6-15-18(9-29-17)32-25-21(15)20(16(28)8-30-25)12-2-4-13(5-3-12)26(39)33-27-24(38)23(37)22(36)19(11-35)40-27/h2-10,19,22-24,27,35-38H,11H2,1H3,(H,30,32)(H,33,39)/t19-,22+,23+,24-,27-/m1/s1. The number of nitrogens with zero attached hydrogens (tertiary/aromatic N) is 4. The molecular formula is C27H25FN6O6. The summed E-state index contributed by atoms with van der Waals surface area (Å²) in [5.74, 6) is -1.19. The number of nitrogens with one attached hydrogen (secondary N) is 2. The van der Waals surface area contributed by atoms with E-state index in [0.717, 1.165) is 17.1 Å². The Morgan fingerprint density at radius 1 is 1.07 bits per heavy atom. The molecule has 0 radical (unpaired) electrons. The number of ether oxygens (including phenoxy) is 1. The average molecular weight is 549 g/mol. The molecule has 1 fully saturated rings. The number of aliphatic hydroxyl groups excluding tert-OH is 4. The maximum atomic E-state index is 15.3. The highest BCUT2D eigenvalue weighted by Crippen LogP contribution is 2.36. The Morgan fingerprint density at radius 3 is 2.55 bits per heavy atom. The average Bonchev–Trinajstić information content (AvgIpc) is 3.56. The molecule has 6 rings (SSSR count). The quantitative estimate of drug-likeness (QED) is 0.186. The van der Waals surface area contributed by atoms with Gasteiger partial charge in [0.15, 0.2) is 6.23 Å². The number of benzene rings is 1. The zero-order valence-corrected chi connectivity index (χ0v) is 21.1. The SMILES string of the molecule is Cn1cc(-c2cc3c(cn2)[nH]c2ncc(F)c(-c4ccc(C(=O)N[C@@H]5O[C@H](CO)[C@H](O)[C@H](O)[C@H]5O)cc4)c23)cn1. The van der Waals surface area contributed by atoms with E-state index in [4.69, 9.17) is 4.74 Å². The molecule has 5 aromatic rings. The first-order valence-electron chi connectivity index (χ1n) is 12.4. The zero-order valence-electron chi connectivity index (χ0n) is 21.1. The minimum absolute atomic E-state index is 0.174. The molecule has 12 nitrogen and oxygen atoms in total. The summed E-state index contributed by atoms with van der Waals surface area (Å²) in [7, 11) is 1.80. The molecule has 1 amide bonds. The Labute approximate surface area is 225 Å². The third-order valence-electron chi connectivity index (χ3n) is 7.06. The first-order chi connectivity index (χ1) is 19.2. The smallest absolute Gasteiger partial charge is 0.253 e. The van der Waals surface area contributed by atoms with Crippen molar-refractivity contribution in [2.45, 2.75) is 30.6 Å². The molecule has 6 N–H and O–H groups in total. The van der Waals surface area contributed by atoms with E-state index < -0.39 is 49.0 Å². The first-order valence-corrected chi connectivity index (χ1v) is 12.4. The van der Waals surface area contributed by atoms with Gasteiger partial charge in [-0.2, -0.15) is 5.10 Å². The van der Waals surface area contributed by atoms with Crippen molar-refractivity contribution in [2.24, 2.45) is 7.05 Å². The number of pyridine rings is 2. The number of halogens is 1. The highest BCUT2D eigenvalue weighted by Gasteiger charge is 2.44. The van der Waals surface area contributed by atoms with Gasteiger partial charge in [-0.25, -0.2) is 9.37 Å². The summed E-state index contributed by atoms with van der Waals surface area (Å²) in [6.45, 7) is -0.619. The number of H-pyrrole nitrogens is 1. The topological polar surface area (TPSA) is 179 Å². The molecule has 206 valence electrons. The highest BCUT2D eigenvalue weighted by atomic mass is 19.1. The number of hydrogen-bond donors (Lipinski definition) is 6. The van der Waals surface area contributed by atoms with E-state index in [-0.39, 0.29) is 5.56 Å². The molecule has 1 aliphatic rings. The number of aromatic amines is 1. The van der Waals surface area contributed by atoms with E-state index in [9.17, 15) is 25.2 Å². The minimum atomic E-state index is -1.62. The molecule has 4 aromatic heterocycles. The summed E-state index contributed by atoms with van der Waals surface area (Å²) in [6, 6.07) is 7.98. The summed E-state index contributed by atoms with van der Waals surface area (Å²) in [4.78, 5) is 24.8. The van der Waals surface area contributed by atoms with Gasteiger partial charge in [0.25, 0.3) is 5.91 Å². The second-order valence-electron chi connectivity index (χ2n) is 9.65. The second-order valence-corrected chi connectivity index (χ2v) is 9.65. The molecule has 40 heavy (non-hydrogen) atoms. The van der Waals surface area contributed by atoms with Gasteiger partial charge in [-0.3, -0.25) is 14.5 Å². The van der Waals surface area contributed by atoms with Crippen LogP contribution in [-0.2, 0) is 11.8 Å². The van der Waals surface area contributed by atoms with Gasteiger partial charge < -0.3 is 35.5 Å². The number of carbonyl (C=O) groups excluding carboxylic acids is 1. The monoisotopic (exact) mass is 548 g/mol. The van der Waals surface area contributed by atoms with E-state index >= 15 is 4.39 Å². The fraction of sp³-hybridized carbons (Fsp3) is 0.259. The Kier molecular flexibility index (Phi) is 6.52. The van der Waals surface area contributed by atoms with Gasteiger partial charge >= 0.3 is 0 Å². The summed E-state index contributed by atoms with van der Waals surface area (Å²) < 4.78 is 22.3. The number of carbonyl (C=O) groups is 1. The Bertz CT molecular complexity index is 1720. The summed E-state index contributed by atoms with van der Waals surface area (Å²) in [6.07, 6.45) is -1.00. The number of rotatable bonds is 5. The lowest BCUT2D eigenvalue weighted by Crippen LogP contribution is -2.63. The molecule has 0 bridgehead atoms. The van der Waals surface area contributed by atoms with Crippen LogP contribution in [0.25, 0.3) is 44.3 Å². The molecule has 0 aliphatic carbocycles. The van der Waals surface area contributed by atoms with Gasteiger partial charge in [0.1, 0.15) is 35.9 Å². The Balaban J connectivity index is 1.33. The molecule has 0 unspecified atom stereocenters. The lowest BCUT2D eigenvalue weighted by molar-refractivity contribution is -0.233. The molecule has 5 heterocycles. The Morgan fingerprint density at radius 2 is 1.85 bits per heavy atom. The lowest BCUT2D eigenvalue weighted by atomic mass is 9.98. The second kappa shape index (κ2) is 10.0. The third kappa shape index (κ3) is 4.39. The highest BCUT2D eigenvalue weighted by molar-refractivity contribution is 6.13. The molecule has 13 heteroatoms. The lowest BCUT2D eigenvalue weighted by Gasteiger charge is -2.40. The van der Waals surface area contributed by atoms with Gasteiger partial charge in [0.05, 0.1) is 36.4 Å². The summed E-state index contributed by atoms with van der Waals surface area (Å²) in [5, 5.41) is 47.4. The maximum absolute atomic E-state index is 15.3. The van der Waals surface area contributed by atoms with Crippen molar-refractivity contribution in [1.82, 2.24) is 30.0 Å². The van der Waals surface area contributed by atoms with Crippen LogP contribution in [0.15, 0.2) is 55.1 Å². The molecular weight excluding hydrogens is 523 g/mol. The molecule has 1 aromatic carbocycles. The van der Waals surface area contributed by atoms with Crippen molar-refractivity contribution in [2.75, 3.05) is 6.61 Å². The van der Waals surface area contributed by atoms with Crippen molar-refractivity contribution >= 4 is 27.8 Å². The number of hydrogen-bond acceptors (Lipinski definition) is 9. The molecule has 5 atom stereocenters. The van der Waals surface area contributed by atoms with Gasteiger partial charge in [-0.15, -0.1) is 0 Å². The predicted octanol–water partition coefficient (Wildman–Crippen LogP) is 0.847. The molecule has 1 aliphatic heterocycles. The molecule has 0 saturated carbocycles. The van der Waals surface area contributed by atoms with Crippen LogP contribution in [0, 0.1) is 5.82 Å². The van der Waals surface area contributed by atoms with Crippen molar-refractivity contribution in [3.63, 3.8) is 0 Å². The van der Waals surface area contributed by atoms with Crippen LogP contribution < -0.4 is 5.32 Å². The van der Waals surface area contributed by atoms with Crippen molar-refractivity contribution in [1.29, 1.82) is 0 Å². The number of aromatic nitrogens is 5. The fourth-order valence-corrected chi connectivity index (χ4v) is 4.95. The minimum Gasteiger partial charge on any atom is -0.394 e. The summed E-state index contributed by atoms with van der Waals surface area (Å²) in [5.41, 5.74) is 3.58. The van der Waals surface area contributed by atoms with Gasteiger partial charge in [-0.1, -0.05) is 12.1 Å². The van der Waals surface area contributed by atoms with Crippen LogP contribution in [0.5, 0.6) is 0 Å². The number of amides is 1. The van der Waals surface area contributed by atoms with E-state index in [2.05, 4.69) is 25.4 Å².